The van der Waals surface area contributed by atoms with Crippen LogP contribution in [0.4, 0.5) is 0 Å². The number of halogens is 2. The van der Waals surface area contributed by atoms with E-state index in [2.05, 4.69) is 0 Å². The number of methoxy groups -OCH3 is 2. The van der Waals surface area contributed by atoms with E-state index in [1.165, 1.54) is 0 Å². The first-order valence-corrected chi connectivity index (χ1v) is 6.14. The van der Waals surface area contributed by atoms with Crippen molar-refractivity contribution in [1.82, 2.24) is 0 Å². The number of hydrogen-bond acceptors (Lipinski definition) is 2. The van der Waals surface area contributed by atoms with Gasteiger partial charge in [-0.2, -0.15) is 0 Å². The molecule has 58 valence electrons. The molecule has 0 aliphatic rings. The molecule has 0 bridgehead atoms. The van der Waals surface area contributed by atoms with E-state index < -0.39 is 0 Å². The fourth-order valence-corrected chi connectivity index (χ4v) is 1.65. The van der Waals surface area contributed by atoms with Crippen LogP contribution in [0.3, 0.4) is 0 Å². The molecule has 0 rings (SSSR count). The summed E-state index contributed by atoms with van der Waals surface area (Å²) < 4.78 is 11.6. The fraction of sp³-hybridized carbons (Fsp3) is 1.00. The second-order valence-corrected chi connectivity index (χ2v) is 4.19. The first-order chi connectivity index (χ1) is 3.41. The van der Waals surface area contributed by atoms with Gasteiger partial charge in [-0.1, -0.05) is 0 Å². The third-order valence-corrected chi connectivity index (χ3v) is 3.31. The molecule has 0 atom stereocenters. The third-order valence-electron chi connectivity index (χ3n) is 0.493. The molecule has 0 unspecified atom stereocenters. The zero-order valence-corrected chi connectivity index (χ0v) is 10.0. The van der Waals surface area contributed by atoms with E-state index in [1.54, 1.807) is 14.2 Å². The molecule has 2 nitrogen and oxygen atoms in total. The van der Waals surface area contributed by atoms with Crippen molar-refractivity contribution in [2.24, 2.45) is 0 Å². The van der Waals surface area contributed by atoms with E-state index in [0.29, 0.717) is 0 Å². The summed E-state index contributed by atoms with van der Waals surface area (Å²) in [7, 11) is 3.47. The van der Waals surface area contributed by atoms with Crippen LogP contribution in [0.25, 0.3) is 0 Å². The Bertz CT molecular complexity index is 35.7. The zero-order valence-electron chi connectivity index (χ0n) is 5.55. The monoisotopic (exact) mass is 282 g/mol. The molecule has 0 aliphatic carbocycles. The van der Waals surface area contributed by atoms with E-state index in [1.807, 2.05) is 0 Å². The van der Waals surface area contributed by atoms with Crippen LogP contribution in [-0.4, -0.2) is 44.6 Å². The second-order valence-electron chi connectivity index (χ2n) is 1.12. The van der Waals surface area contributed by atoms with Gasteiger partial charge in [0.2, 0.25) is 0 Å². The summed E-state index contributed by atoms with van der Waals surface area (Å²) in [6.07, 6.45) is 0. The van der Waals surface area contributed by atoms with Crippen molar-refractivity contribution in [3.05, 3.63) is 0 Å². The van der Waals surface area contributed by atoms with Gasteiger partial charge in [0.05, 0.1) is 0 Å². The van der Waals surface area contributed by atoms with Crippen molar-refractivity contribution in [3.8, 4) is 0 Å². The summed E-state index contributed by atoms with van der Waals surface area (Å²) in [6, 6.07) is 0. The quantitative estimate of drug-likeness (QED) is 0.559. The van der Waals surface area contributed by atoms with Gasteiger partial charge in [0, 0.05) is 0 Å². The summed E-state index contributed by atoms with van der Waals surface area (Å²) in [5.74, 6) is 0. The predicted molar refractivity (Wildman–Crippen MR) is 44.0 cm³/mol. The Morgan fingerprint density at radius 2 is 1.33 bits per heavy atom. The van der Waals surface area contributed by atoms with Crippen molar-refractivity contribution < 1.29 is 9.47 Å². The molecule has 0 aromatic rings. The Morgan fingerprint density at radius 3 is 1.56 bits per heavy atom. The Hall–Kier alpha value is 1.30. The summed E-state index contributed by atoms with van der Waals surface area (Å²) in [5, 5.41) is 0. The average molecular weight is 282 g/mol. The van der Waals surface area contributed by atoms with Crippen molar-refractivity contribution in [1.29, 1.82) is 0 Å². The van der Waals surface area contributed by atoms with Crippen LogP contribution >= 0.6 is 24.8 Å². The first kappa shape index (κ1) is 16.7. The Balaban J connectivity index is -0.000000180. The number of rotatable bonds is 4. The van der Waals surface area contributed by atoms with Gasteiger partial charge < -0.3 is 0 Å². The molecule has 0 N–H and O–H groups in total. The van der Waals surface area contributed by atoms with E-state index in [0.717, 1.165) is 9.25 Å². The van der Waals surface area contributed by atoms with Crippen LogP contribution in [0.15, 0.2) is 0 Å². The van der Waals surface area contributed by atoms with Crippen molar-refractivity contribution >= 4 is 46.0 Å². The molecule has 0 heterocycles. The normalized spacial score (nSPS) is 7.33. The molecular formula is C4H12Cl2O2Sn. The van der Waals surface area contributed by atoms with Crippen molar-refractivity contribution in [3.63, 3.8) is 0 Å². The smallest absolute Gasteiger partial charge is 0.147 e. The van der Waals surface area contributed by atoms with Crippen LogP contribution < -0.4 is 0 Å². The zero-order chi connectivity index (χ0) is 5.54. The van der Waals surface area contributed by atoms with Crippen molar-refractivity contribution in [2.45, 2.75) is 0 Å². The minimum Gasteiger partial charge on any atom is -0.147 e. The van der Waals surface area contributed by atoms with Gasteiger partial charge in [-0.15, -0.1) is 24.8 Å². The van der Waals surface area contributed by atoms with Gasteiger partial charge >= 0.3 is 54.1 Å². The van der Waals surface area contributed by atoms with Crippen LogP contribution in [0, 0.1) is 0 Å². The molecule has 0 fully saturated rings. The molecule has 0 aromatic carbocycles. The van der Waals surface area contributed by atoms with Gasteiger partial charge in [0.1, 0.15) is 0 Å². The molecule has 0 amide bonds. The van der Waals surface area contributed by atoms with Gasteiger partial charge in [-0.3, -0.25) is 0 Å². The fourth-order valence-electron chi connectivity index (χ4n) is 0.246. The SMILES string of the molecule is CO[CH2][Sn][CH2]OC.Cl.Cl. The summed E-state index contributed by atoms with van der Waals surface area (Å²) in [4.78, 5) is 0. The Labute approximate surface area is 78.7 Å². The molecule has 5 heteroatoms. The summed E-state index contributed by atoms with van der Waals surface area (Å²) in [6.45, 7) is 0. The summed E-state index contributed by atoms with van der Waals surface area (Å²) >= 11 is -0.263. The maximum absolute atomic E-state index is 4.84. The Kier molecular flexibility index (Phi) is 30.0. The standard InChI is InChI=1S/2C2H5O.2ClH.Sn/c2*1-3-2;;;/h2*1H2,2H3;2*1H;. The molecule has 0 aromatic heterocycles. The van der Waals surface area contributed by atoms with Crippen LogP contribution in [-0.2, 0) is 9.47 Å². The molecular weight excluding hydrogens is 270 g/mol. The first-order valence-electron chi connectivity index (χ1n) is 2.10. The van der Waals surface area contributed by atoms with E-state index in [-0.39, 0.29) is 46.0 Å². The maximum Gasteiger partial charge on any atom is -0.147 e. The molecule has 0 spiro atoms. The van der Waals surface area contributed by atoms with Crippen LogP contribution in [0.1, 0.15) is 0 Å². The Morgan fingerprint density at radius 1 is 1.00 bits per heavy atom. The minimum atomic E-state index is -0.263. The van der Waals surface area contributed by atoms with Gasteiger partial charge in [-0.25, -0.2) is 0 Å². The van der Waals surface area contributed by atoms with Gasteiger partial charge in [0.25, 0.3) is 0 Å². The maximum atomic E-state index is 4.84. The van der Waals surface area contributed by atoms with E-state index in [9.17, 15) is 0 Å². The van der Waals surface area contributed by atoms with E-state index >= 15 is 0 Å². The molecule has 9 heavy (non-hydrogen) atoms. The van der Waals surface area contributed by atoms with Crippen LogP contribution in [0.5, 0.6) is 0 Å². The number of hydrogen-bond donors (Lipinski definition) is 0. The van der Waals surface area contributed by atoms with Gasteiger partial charge in [0.15, 0.2) is 0 Å². The van der Waals surface area contributed by atoms with Crippen LogP contribution in [0.2, 0.25) is 0 Å². The average Bonchev–Trinajstić information content (AvgIpc) is 1.69. The van der Waals surface area contributed by atoms with Gasteiger partial charge in [-0.05, 0) is 0 Å². The third kappa shape index (κ3) is 17.6. The molecule has 0 aliphatic heterocycles. The second kappa shape index (κ2) is 16.1. The molecule has 0 saturated heterocycles. The largest absolute Gasteiger partial charge is 0.147 e. The molecule has 0 saturated carbocycles. The molecule has 2 radical (unpaired) electrons. The summed E-state index contributed by atoms with van der Waals surface area (Å²) in [5.41, 5.74) is 0. The minimum absolute atomic E-state index is 0. The van der Waals surface area contributed by atoms with Crippen molar-refractivity contribution in [2.75, 3.05) is 23.5 Å². The predicted octanol–water partition coefficient (Wildman–Crippen LogP) is 0.742. The number of ether oxygens (including phenoxy) is 2. The van der Waals surface area contributed by atoms with E-state index in [4.69, 9.17) is 9.47 Å². The topological polar surface area (TPSA) is 18.5 Å².